The van der Waals surface area contributed by atoms with Gasteiger partial charge in [0, 0.05) is 6.42 Å². The quantitative estimate of drug-likeness (QED) is 0.381. The van der Waals surface area contributed by atoms with E-state index in [1.165, 1.54) is 0 Å². The summed E-state index contributed by atoms with van der Waals surface area (Å²) in [6.45, 7) is 6.78. The summed E-state index contributed by atoms with van der Waals surface area (Å²) in [5, 5.41) is 36.3. The number of nitrogens with two attached hydrogens (primary N) is 1. The predicted molar refractivity (Wildman–Crippen MR) is 146 cm³/mol. The van der Waals surface area contributed by atoms with Crippen LogP contribution in [0.25, 0.3) is 0 Å². The van der Waals surface area contributed by atoms with Crippen LogP contribution in [0.5, 0.6) is 0 Å². The van der Waals surface area contributed by atoms with Crippen molar-refractivity contribution in [2.24, 2.45) is 52.1 Å². The Bertz CT molecular complexity index is 1060. The Kier molecular flexibility index (Phi) is 7.42. The van der Waals surface area contributed by atoms with Crippen molar-refractivity contribution in [3.8, 4) is 0 Å². The molecule has 0 spiro atoms. The Morgan fingerprint density at radius 3 is 2.53 bits per heavy atom. The van der Waals surface area contributed by atoms with Crippen molar-refractivity contribution in [3.05, 3.63) is 29.8 Å². The normalized spacial score (nSPS) is 42.9. The van der Waals surface area contributed by atoms with E-state index in [2.05, 4.69) is 26.1 Å². The maximum Gasteiger partial charge on any atom is 0.250 e. The van der Waals surface area contributed by atoms with Crippen molar-refractivity contribution in [2.75, 3.05) is 5.32 Å². The van der Waals surface area contributed by atoms with Crippen molar-refractivity contribution in [1.29, 1.82) is 0 Å². The van der Waals surface area contributed by atoms with Crippen LogP contribution in [0, 0.1) is 46.3 Å². The number of aliphatic hydroxyl groups is 3. The van der Waals surface area contributed by atoms with Crippen LogP contribution in [0.15, 0.2) is 24.3 Å². The van der Waals surface area contributed by atoms with E-state index < -0.39 is 12.0 Å². The Morgan fingerprint density at radius 2 is 1.79 bits per heavy atom. The van der Waals surface area contributed by atoms with Crippen LogP contribution in [-0.2, 0) is 4.79 Å². The van der Waals surface area contributed by atoms with E-state index in [0.29, 0.717) is 36.4 Å². The first-order valence-electron chi connectivity index (χ1n) is 14.7. The summed E-state index contributed by atoms with van der Waals surface area (Å²) in [5.41, 5.74) is 5.97. The number of aliphatic hydroxyl groups excluding tert-OH is 3. The lowest BCUT2D eigenvalue weighted by molar-refractivity contribution is -0.207. The molecule has 1 aromatic rings. The number of carbonyl (C=O) groups is 2. The third-order valence-corrected chi connectivity index (χ3v) is 11.8. The fourth-order valence-electron chi connectivity index (χ4n) is 9.71. The number of fused-ring (bicyclic) bond motifs is 5. The molecule has 11 atom stereocenters. The maximum atomic E-state index is 12.8. The Hall–Kier alpha value is -1.96. The number of anilines is 1. The number of hydrogen-bond donors (Lipinski definition) is 5. The molecule has 0 aromatic heterocycles. The highest BCUT2D eigenvalue weighted by atomic mass is 16.3. The summed E-state index contributed by atoms with van der Waals surface area (Å²) in [6.07, 6.45) is 5.96. The minimum absolute atomic E-state index is 0.0639. The summed E-state index contributed by atoms with van der Waals surface area (Å²) in [7, 11) is 0. The molecule has 4 fully saturated rings. The van der Waals surface area contributed by atoms with Crippen molar-refractivity contribution in [1.82, 2.24) is 0 Å². The molecule has 1 aromatic carbocycles. The van der Waals surface area contributed by atoms with Gasteiger partial charge in [0.25, 0.3) is 5.91 Å². The lowest BCUT2D eigenvalue weighted by Gasteiger charge is -2.63. The number of amides is 2. The second-order valence-corrected chi connectivity index (χ2v) is 13.5. The molecular weight excluding hydrogens is 480 g/mol. The second-order valence-electron chi connectivity index (χ2n) is 13.5. The van der Waals surface area contributed by atoms with Crippen LogP contribution in [0.4, 0.5) is 5.69 Å². The molecule has 4 aliphatic carbocycles. The summed E-state index contributed by atoms with van der Waals surface area (Å²) in [4.78, 5) is 24.5. The van der Waals surface area contributed by atoms with Crippen molar-refractivity contribution < 1.29 is 24.9 Å². The average Bonchev–Trinajstić information content (AvgIpc) is 3.23. The highest BCUT2D eigenvalue weighted by molar-refractivity contribution is 6.02. The molecular formula is C31H46N2O5. The van der Waals surface area contributed by atoms with E-state index in [4.69, 9.17) is 5.73 Å². The molecule has 6 N–H and O–H groups in total. The molecule has 0 saturated heterocycles. The average molecular weight is 527 g/mol. The van der Waals surface area contributed by atoms with Gasteiger partial charge in [0.2, 0.25) is 5.91 Å². The monoisotopic (exact) mass is 526 g/mol. The minimum atomic E-state index is -0.571. The third-order valence-electron chi connectivity index (χ3n) is 11.8. The van der Waals surface area contributed by atoms with E-state index in [0.717, 1.165) is 38.5 Å². The lowest BCUT2D eigenvalue weighted by atomic mass is 9.43. The smallest absolute Gasteiger partial charge is 0.250 e. The molecule has 0 aliphatic heterocycles. The first kappa shape index (κ1) is 27.6. The van der Waals surface area contributed by atoms with E-state index in [1.54, 1.807) is 24.3 Å². The molecule has 0 unspecified atom stereocenters. The summed E-state index contributed by atoms with van der Waals surface area (Å²) in [5.74, 6) is 0.844. The zero-order valence-electron chi connectivity index (χ0n) is 23.1. The van der Waals surface area contributed by atoms with Gasteiger partial charge in [0.15, 0.2) is 0 Å². The molecule has 5 rings (SSSR count). The van der Waals surface area contributed by atoms with Crippen LogP contribution in [0.2, 0.25) is 0 Å². The molecule has 7 nitrogen and oxygen atoms in total. The number of nitrogens with one attached hydrogen (secondary N) is 1. The number of hydrogen-bond acceptors (Lipinski definition) is 5. The molecule has 0 bridgehead atoms. The third kappa shape index (κ3) is 4.48. The van der Waals surface area contributed by atoms with Crippen LogP contribution < -0.4 is 11.1 Å². The SMILES string of the molecule is C[C@H](CCC(=O)Nc1ccccc1C(N)=O)[C@H]1CC[C@H]2[C@@H]3[C@H](O)C[C@@H]4C[C@H](O)CC[C@]4(C)[C@H]3C[C@H](O)[C@]12C. The number of primary amides is 1. The van der Waals surface area contributed by atoms with Gasteiger partial charge in [-0.2, -0.15) is 0 Å². The molecule has 0 radical (unpaired) electrons. The van der Waals surface area contributed by atoms with Gasteiger partial charge in [-0.05, 0) is 110 Å². The standard InChI is InChI=1S/C31H46N2O5/c1-17(8-11-27(37)33-24-7-5-4-6-20(24)29(32)38)21-9-10-22-28-23(16-26(36)31(21,22)3)30(2)13-12-19(34)14-18(30)15-25(28)35/h4-7,17-19,21-23,25-26,28,34-36H,8-16H2,1-3H3,(H2,32,38)(H,33,37)/t17-,18+,19-,21-,22+,23+,25-,26+,28+,30+,31-/m1/s1. The van der Waals surface area contributed by atoms with Gasteiger partial charge >= 0.3 is 0 Å². The number of para-hydroxylation sites is 1. The lowest BCUT2D eigenvalue weighted by Crippen LogP contribution is -2.62. The number of rotatable bonds is 6. The van der Waals surface area contributed by atoms with Crippen molar-refractivity contribution >= 4 is 17.5 Å². The van der Waals surface area contributed by atoms with Gasteiger partial charge in [-0.15, -0.1) is 0 Å². The number of benzene rings is 1. The van der Waals surface area contributed by atoms with Crippen molar-refractivity contribution in [3.63, 3.8) is 0 Å². The molecule has 7 heteroatoms. The van der Waals surface area contributed by atoms with Crippen LogP contribution in [0.1, 0.15) is 88.9 Å². The van der Waals surface area contributed by atoms with E-state index >= 15 is 0 Å². The number of carbonyl (C=O) groups excluding carboxylic acids is 2. The van der Waals surface area contributed by atoms with Gasteiger partial charge in [-0.1, -0.05) is 32.9 Å². The topological polar surface area (TPSA) is 133 Å². The predicted octanol–water partition coefficient (Wildman–Crippen LogP) is 4.10. The molecule has 0 heterocycles. The molecule has 38 heavy (non-hydrogen) atoms. The zero-order valence-corrected chi connectivity index (χ0v) is 23.1. The van der Waals surface area contributed by atoms with Crippen LogP contribution in [-0.4, -0.2) is 45.4 Å². The Morgan fingerprint density at radius 1 is 1.05 bits per heavy atom. The van der Waals surface area contributed by atoms with E-state index in [-0.39, 0.29) is 58.5 Å². The Balaban J connectivity index is 1.27. The van der Waals surface area contributed by atoms with Crippen molar-refractivity contribution in [2.45, 2.75) is 96.9 Å². The zero-order chi connectivity index (χ0) is 27.4. The molecule has 4 saturated carbocycles. The fraction of sp³-hybridized carbons (Fsp3) is 0.742. The van der Waals surface area contributed by atoms with Gasteiger partial charge in [-0.3, -0.25) is 9.59 Å². The van der Waals surface area contributed by atoms with Gasteiger partial charge in [0.05, 0.1) is 29.6 Å². The molecule has 2 amide bonds. The molecule has 4 aliphatic rings. The molecule has 210 valence electrons. The minimum Gasteiger partial charge on any atom is -0.393 e. The van der Waals surface area contributed by atoms with E-state index in [1.807, 2.05) is 0 Å². The Labute approximate surface area is 226 Å². The van der Waals surface area contributed by atoms with Gasteiger partial charge < -0.3 is 26.4 Å². The highest BCUT2D eigenvalue weighted by Crippen LogP contribution is 2.68. The summed E-state index contributed by atoms with van der Waals surface area (Å²) in [6, 6.07) is 6.78. The first-order valence-corrected chi connectivity index (χ1v) is 14.7. The summed E-state index contributed by atoms with van der Waals surface area (Å²) < 4.78 is 0. The summed E-state index contributed by atoms with van der Waals surface area (Å²) >= 11 is 0. The van der Waals surface area contributed by atoms with E-state index in [9.17, 15) is 24.9 Å². The van der Waals surface area contributed by atoms with Crippen LogP contribution >= 0.6 is 0 Å². The second kappa shape index (κ2) is 10.2. The first-order chi connectivity index (χ1) is 18.0. The van der Waals surface area contributed by atoms with Gasteiger partial charge in [-0.25, -0.2) is 0 Å². The van der Waals surface area contributed by atoms with Gasteiger partial charge in [0.1, 0.15) is 0 Å². The fourth-order valence-corrected chi connectivity index (χ4v) is 9.71. The van der Waals surface area contributed by atoms with Crippen LogP contribution in [0.3, 0.4) is 0 Å². The highest BCUT2D eigenvalue weighted by Gasteiger charge is 2.65. The maximum absolute atomic E-state index is 12.8. The largest absolute Gasteiger partial charge is 0.393 e.